The Balaban J connectivity index is 2.20. The maximum absolute atomic E-state index is 11.6. The first kappa shape index (κ1) is 13.1. The van der Waals surface area contributed by atoms with Crippen LogP contribution in [0.5, 0.6) is 0 Å². The van der Waals surface area contributed by atoms with Gasteiger partial charge in [0.15, 0.2) is 0 Å². The van der Waals surface area contributed by atoms with E-state index in [1.165, 1.54) is 0 Å². The highest BCUT2D eigenvalue weighted by molar-refractivity contribution is 5.90. The second-order valence-corrected chi connectivity index (χ2v) is 4.56. The van der Waals surface area contributed by atoms with E-state index in [4.69, 9.17) is 10.2 Å². The maximum atomic E-state index is 11.6. The zero-order chi connectivity index (χ0) is 14.0. The van der Waals surface area contributed by atoms with Gasteiger partial charge in [0.1, 0.15) is 5.58 Å². The lowest BCUT2D eigenvalue weighted by Gasteiger charge is -2.02. The number of benzene rings is 1. The smallest absolute Gasteiger partial charge is 0.236 e. The van der Waals surface area contributed by atoms with Crippen molar-refractivity contribution in [1.82, 2.24) is 5.32 Å². The van der Waals surface area contributed by atoms with E-state index in [0.29, 0.717) is 0 Å². The zero-order valence-electron chi connectivity index (χ0n) is 10.9. The first-order valence-electron chi connectivity index (χ1n) is 6.00. The Morgan fingerprint density at radius 3 is 2.74 bits per heavy atom. The third-order valence-corrected chi connectivity index (χ3v) is 3.15. The van der Waals surface area contributed by atoms with Gasteiger partial charge < -0.3 is 15.5 Å². The summed E-state index contributed by atoms with van der Waals surface area (Å²) in [7, 11) is 0. The minimum atomic E-state index is -0.558. The highest BCUT2D eigenvalue weighted by Gasteiger charge is 2.12. The average Bonchev–Trinajstić information content (AvgIpc) is 2.75. The molecule has 2 rings (SSSR count). The van der Waals surface area contributed by atoms with Gasteiger partial charge in [-0.05, 0) is 25.0 Å². The molecule has 1 aromatic heterocycles. The number of nitrogens with two attached hydrogens (primary N) is 1. The van der Waals surface area contributed by atoms with Gasteiger partial charge in [0.05, 0.1) is 19.2 Å². The summed E-state index contributed by atoms with van der Waals surface area (Å²) >= 11 is 0. The van der Waals surface area contributed by atoms with Crippen LogP contribution in [0.15, 0.2) is 22.8 Å². The summed E-state index contributed by atoms with van der Waals surface area (Å²) in [5.41, 5.74) is 8.79. The van der Waals surface area contributed by atoms with Crippen molar-refractivity contribution in [3.8, 4) is 0 Å². The molecule has 2 aromatic rings. The van der Waals surface area contributed by atoms with Crippen LogP contribution in [0.25, 0.3) is 11.0 Å². The van der Waals surface area contributed by atoms with Crippen LogP contribution in [-0.4, -0.2) is 18.4 Å². The number of hydrogen-bond acceptors (Lipinski definition) is 3. The second-order valence-electron chi connectivity index (χ2n) is 4.56. The topological polar surface area (TPSA) is 85.3 Å². The molecule has 0 unspecified atom stereocenters. The summed E-state index contributed by atoms with van der Waals surface area (Å²) in [6.07, 6.45) is 1.75. The van der Waals surface area contributed by atoms with Crippen molar-refractivity contribution in [2.24, 2.45) is 5.73 Å². The molecule has 0 spiro atoms. The highest BCUT2D eigenvalue weighted by Crippen LogP contribution is 2.26. The number of carbonyl (C=O) groups excluding carboxylic acids is 2. The number of hydrogen-bond donors (Lipinski definition) is 2. The van der Waals surface area contributed by atoms with Crippen LogP contribution in [0.3, 0.4) is 0 Å². The number of aryl methyl sites for hydroxylation is 2. The summed E-state index contributed by atoms with van der Waals surface area (Å²) in [5, 5.41) is 3.38. The summed E-state index contributed by atoms with van der Waals surface area (Å²) in [6.45, 7) is 3.85. The van der Waals surface area contributed by atoms with Gasteiger partial charge in [0.2, 0.25) is 11.8 Å². The lowest BCUT2D eigenvalue weighted by atomic mass is 10.0. The van der Waals surface area contributed by atoms with E-state index >= 15 is 0 Å². The summed E-state index contributed by atoms with van der Waals surface area (Å²) in [6, 6.07) is 3.94. The van der Waals surface area contributed by atoms with Gasteiger partial charge in [-0.2, -0.15) is 0 Å². The van der Waals surface area contributed by atoms with Crippen LogP contribution in [0.2, 0.25) is 0 Å². The van der Waals surface area contributed by atoms with Crippen molar-refractivity contribution in [3.63, 3.8) is 0 Å². The average molecular weight is 260 g/mol. The van der Waals surface area contributed by atoms with E-state index in [9.17, 15) is 9.59 Å². The van der Waals surface area contributed by atoms with E-state index in [-0.39, 0.29) is 18.9 Å². The standard InChI is InChI=1S/C14H16N2O3/c1-8-3-4-11-10(7-19-14(11)9(8)2)5-13(18)16-6-12(15)17/h3-4,7H,5-6H2,1-2H3,(H2,15,17)(H,16,18). The van der Waals surface area contributed by atoms with Crippen LogP contribution >= 0.6 is 0 Å². The number of carbonyl (C=O) groups is 2. The third kappa shape index (κ3) is 2.76. The van der Waals surface area contributed by atoms with Gasteiger partial charge in [-0.1, -0.05) is 12.1 Å². The molecular weight excluding hydrogens is 244 g/mol. The van der Waals surface area contributed by atoms with Crippen molar-refractivity contribution in [2.45, 2.75) is 20.3 Å². The van der Waals surface area contributed by atoms with E-state index < -0.39 is 5.91 Å². The first-order chi connectivity index (χ1) is 8.99. The number of fused-ring (bicyclic) bond motifs is 1. The molecule has 0 aliphatic carbocycles. The Labute approximate surface area is 110 Å². The predicted molar refractivity (Wildman–Crippen MR) is 71.6 cm³/mol. The van der Waals surface area contributed by atoms with Crippen LogP contribution < -0.4 is 11.1 Å². The van der Waals surface area contributed by atoms with Gasteiger partial charge in [-0.3, -0.25) is 9.59 Å². The summed E-state index contributed by atoms with van der Waals surface area (Å²) < 4.78 is 5.52. The molecule has 3 N–H and O–H groups in total. The lowest BCUT2D eigenvalue weighted by molar-refractivity contribution is -0.124. The fourth-order valence-corrected chi connectivity index (χ4v) is 1.95. The normalized spacial score (nSPS) is 10.6. The monoisotopic (exact) mass is 260 g/mol. The van der Waals surface area contributed by atoms with Gasteiger partial charge in [0.25, 0.3) is 0 Å². The predicted octanol–water partition coefficient (Wildman–Crippen LogP) is 1.19. The zero-order valence-corrected chi connectivity index (χ0v) is 10.9. The molecule has 0 saturated carbocycles. The van der Waals surface area contributed by atoms with Crippen molar-refractivity contribution in [3.05, 3.63) is 35.1 Å². The van der Waals surface area contributed by atoms with Crippen molar-refractivity contribution in [2.75, 3.05) is 6.54 Å². The molecule has 0 aliphatic rings. The largest absolute Gasteiger partial charge is 0.464 e. The minimum absolute atomic E-state index is 0.146. The van der Waals surface area contributed by atoms with E-state index in [1.54, 1.807) is 6.26 Å². The molecule has 19 heavy (non-hydrogen) atoms. The number of rotatable bonds is 4. The molecule has 1 heterocycles. The van der Waals surface area contributed by atoms with E-state index in [1.807, 2.05) is 26.0 Å². The Morgan fingerprint density at radius 2 is 2.05 bits per heavy atom. The van der Waals surface area contributed by atoms with E-state index in [2.05, 4.69) is 5.32 Å². The van der Waals surface area contributed by atoms with E-state index in [0.717, 1.165) is 27.7 Å². The van der Waals surface area contributed by atoms with Crippen LogP contribution in [-0.2, 0) is 16.0 Å². The van der Waals surface area contributed by atoms with Crippen LogP contribution in [0.4, 0.5) is 0 Å². The summed E-state index contributed by atoms with van der Waals surface area (Å²) in [5.74, 6) is -0.809. The molecule has 0 aliphatic heterocycles. The van der Waals surface area contributed by atoms with Crippen LogP contribution in [0.1, 0.15) is 16.7 Å². The van der Waals surface area contributed by atoms with Gasteiger partial charge >= 0.3 is 0 Å². The molecule has 5 heteroatoms. The van der Waals surface area contributed by atoms with Gasteiger partial charge in [-0.25, -0.2) is 0 Å². The quantitative estimate of drug-likeness (QED) is 0.866. The third-order valence-electron chi connectivity index (χ3n) is 3.15. The Bertz CT molecular complexity index is 643. The molecule has 0 atom stereocenters. The molecule has 0 bridgehead atoms. The minimum Gasteiger partial charge on any atom is -0.464 e. The number of amides is 2. The van der Waals surface area contributed by atoms with Gasteiger partial charge in [0, 0.05) is 10.9 Å². The maximum Gasteiger partial charge on any atom is 0.236 e. The van der Waals surface area contributed by atoms with Crippen molar-refractivity contribution in [1.29, 1.82) is 0 Å². The Morgan fingerprint density at radius 1 is 1.32 bits per heavy atom. The SMILES string of the molecule is Cc1ccc2c(CC(=O)NCC(N)=O)coc2c1C. The lowest BCUT2D eigenvalue weighted by Crippen LogP contribution is -2.34. The molecule has 0 radical (unpaired) electrons. The van der Waals surface area contributed by atoms with Crippen molar-refractivity contribution >= 4 is 22.8 Å². The molecule has 1 aromatic carbocycles. The molecule has 0 saturated heterocycles. The Kier molecular flexibility index (Phi) is 3.55. The highest BCUT2D eigenvalue weighted by atomic mass is 16.3. The fraction of sp³-hybridized carbons (Fsp3) is 0.286. The fourth-order valence-electron chi connectivity index (χ4n) is 1.95. The second kappa shape index (κ2) is 5.14. The first-order valence-corrected chi connectivity index (χ1v) is 6.00. The molecule has 100 valence electrons. The number of nitrogens with one attached hydrogen (secondary N) is 1. The summed E-state index contributed by atoms with van der Waals surface area (Å²) in [4.78, 5) is 22.2. The molecule has 2 amide bonds. The van der Waals surface area contributed by atoms with Gasteiger partial charge in [-0.15, -0.1) is 0 Å². The molecular formula is C14H16N2O3. The Hall–Kier alpha value is -2.30. The number of primary amides is 1. The van der Waals surface area contributed by atoms with Crippen LogP contribution in [0, 0.1) is 13.8 Å². The van der Waals surface area contributed by atoms with Crippen molar-refractivity contribution < 1.29 is 14.0 Å². The molecule has 0 fully saturated rings. The number of furan rings is 1. The molecule has 5 nitrogen and oxygen atoms in total.